The fourth-order valence-corrected chi connectivity index (χ4v) is 9.08. The highest BCUT2D eigenvalue weighted by Gasteiger charge is 2.36. The van der Waals surface area contributed by atoms with Gasteiger partial charge in [-0.15, -0.1) is 0 Å². The van der Waals surface area contributed by atoms with Crippen molar-refractivity contribution < 1.29 is 0 Å². The van der Waals surface area contributed by atoms with Gasteiger partial charge in [-0.1, -0.05) is 140 Å². The van der Waals surface area contributed by atoms with E-state index in [9.17, 15) is 0 Å². The molecule has 0 heterocycles. The zero-order chi connectivity index (χ0) is 40.8. The topological polar surface area (TPSA) is 9.72 Å². The SMILES string of the molecule is Cc1ccc(N(c2ccc(C)cc2)c2ccc(N(c3ccc4c(c3)C(C)(C)c3ccccc3-4)c3ccc(N(c4ccccc4)c4ccccc4)c4ccccc34)cc2)cc1. The van der Waals surface area contributed by atoms with E-state index in [1.54, 1.807) is 0 Å². The molecule has 0 bridgehead atoms. The minimum Gasteiger partial charge on any atom is -0.311 e. The van der Waals surface area contributed by atoms with Crippen LogP contribution in [0.3, 0.4) is 0 Å². The Morgan fingerprint density at radius 3 is 1.18 bits per heavy atom. The Kier molecular flexibility index (Phi) is 9.30. The van der Waals surface area contributed by atoms with Crippen molar-refractivity contribution in [3.05, 3.63) is 235 Å². The molecule has 0 aliphatic heterocycles. The zero-order valence-electron chi connectivity index (χ0n) is 34.5. The molecule has 0 unspecified atom stereocenters. The van der Waals surface area contributed by atoms with Gasteiger partial charge in [-0.2, -0.15) is 0 Å². The molecule has 1 aliphatic rings. The van der Waals surface area contributed by atoms with E-state index < -0.39 is 0 Å². The van der Waals surface area contributed by atoms with E-state index in [0.29, 0.717) is 0 Å². The molecule has 0 fully saturated rings. The van der Waals surface area contributed by atoms with Crippen molar-refractivity contribution in [2.75, 3.05) is 14.7 Å². The van der Waals surface area contributed by atoms with Crippen molar-refractivity contribution in [2.45, 2.75) is 33.1 Å². The quantitative estimate of drug-likeness (QED) is 0.145. The highest BCUT2D eigenvalue weighted by atomic mass is 15.2. The van der Waals surface area contributed by atoms with Crippen LogP contribution in [0.25, 0.3) is 21.9 Å². The smallest absolute Gasteiger partial charge is 0.0541 e. The standard InChI is InChI=1S/C57H47N3/c1-40-23-27-44(28-24-40)58(45-29-25-41(2)26-30-45)46-31-33-47(34-32-46)60(48-35-36-50-49-19-13-14-22-53(49)57(3,4)54(50)39-48)56-38-37-55(51-20-11-12-21-52(51)56)59(42-15-7-5-8-16-42)43-17-9-6-10-18-43/h5-39H,1-4H3. The predicted molar refractivity (Wildman–Crippen MR) is 255 cm³/mol. The Labute approximate surface area is 354 Å². The van der Waals surface area contributed by atoms with E-state index in [1.807, 2.05) is 0 Å². The summed E-state index contributed by atoms with van der Waals surface area (Å²) in [6.07, 6.45) is 0. The second kappa shape index (κ2) is 15.1. The molecule has 3 nitrogen and oxygen atoms in total. The molecule has 0 radical (unpaired) electrons. The number of aryl methyl sites for hydroxylation is 2. The summed E-state index contributed by atoms with van der Waals surface area (Å²) in [5, 5.41) is 2.34. The second-order valence-corrected chi connectivity index (χ2v) is 16.4. The molecule has 10 rings (SSSR count). The Balaban J connectivity index is 1.16. The molecule has 9 aromatic carbocycles. The summed E-state index contributed by atoms with van der Waals surface area (Å²) in [6.45, 7) is 8.99. The van der Waals surface area contributed by atoms with Gasteiger partial charge < -0.3 is 14.7 Å². The minimum atomic E-state index is -0.141. The van der Waals surface area contributed by atoms with Gasteiger partial charge in [0.05, 0.1) is 11.4 Å². The third-order valence-electron chi connectivity index (χ3n) is 12.2. The van der Waals surface area contributed by atoms with Gasteiger partial charge in [-0.3, -0.25) is 0 Å². The second-order valence-electron chi connectivity index (χ2n) is 16.4. The number of hydrogen-bond acceptors (Lipinski definition) is 3. The lowest BCUT2D eigenvalue weighted by Gasteiger charge is -2.32. The highest BCUT2D eigenvalue weighted by Crippen LogP contribution is 2.52. The molecular formula is C57H47N3. The number of para-hydroxylation sites is 2. The molecule has 0 N–H and O–H groups in total. The molecule has 0 atom stereocenters. The third kappa shape index (κ3) is 6.49. The molecule has 290 valence electrons. The summed E-state index contributed by atoms with van der Waals surface area (Å²) in [4.78, 5) is 7.16. The summed E-state index contributed by atoms with van der Waals surface area (Å²) in [6, 6.07) is 77.4. The maximum absolute atomic E-state index is 2.45. The Morgan fingerprint density at radius 1 is 0.300 bits per heavy atom. The maximum atomic E-state index is 2.45. The van der Waals surface area contributed by atoms with Crippen LogP contribution in [-0.2, 0) is 5.41 Å². The van der Waals surface area contributed by atoms with Crippen molar-refractivity contribution in [3.8, 4) is 11.1 Å². The first-order chi connectivity index (χ1) is 29.3. The first kappa shape index (κ1) is 36.9. The number of nitrogens with zero attached hydrogens (tertiary/aromatic N) is 3. The first-order valence-corrected chi connectivity index (χ1v) is 20.9. The zero-order valence-corrected chi connectivity index (χ0v) is 34.5. The monoisotopic (exact) mass is 773 g/mol. The summed E-state index contributed by atoms with van der Waals surface area (Å²) in [7, 11) is 0. The molecular weight excluding hydrogens is 727 g/mol. The fraction of sp³-hybridized carbons (Fsp3) is 0.0877. The van der Waals surface area contributed by atoms with Gasteiger partial charge in [-0.25, -0.2) is 0 Å². The third-order valence-corrected chi connectivity index (χ3v) is 12.2. The van der Waals surface area contributed by atoms with Crippen molar-refractivity contribution in [2.24, 2.45) is 0 Å². The summed E-state index contributed by atoms with van der Waals surface area (Å²) in [5.74, 6) is 0. The molecule has 0 saturated heterocycles. The Morgan fingerprint density at radius 2 is 0.667 bits per heavy atom. The maximum Gasteiger partial charge on any atom is 0.0541 e. The summed E-state index contributed by atoms with van der Waals surface area (Å²) < 4.78 is 0. The van der Waals surface area contributed by atoms with Crippen molar-refractivity contribution >= 4 is 62.0 Å². The lowest BCUT2D eigenvalue weighted by molar-refractivity contribution is 0.660. The van der Waals surface area contributed by atoms with Crippen LogP contribution in [0, 0.1) is 13.8 Å². The molecule has 3 heteroatoms. The molecule has 0 spiro atoms. The van der Waals surface area contributed by atoms with E-state index in [2.05, 4.69) is 255 Å². The molecule has 0 amide bonds. The molecule has 60 heavy (non-hydrogen) atoms. The van der Waals surface area contributed by atoms with Gasteiger partial charge in [0.1, 0.15) is 0 Å². The molecule has 1 aliphatic carbocycles. The van der Waals surface area contributed by atoms with Crippen LogP contribution in [-0.4, -0.2) is 0 Å². The van der Waals surface area contributed by atoms with Crippen LogP contribution < -0.4 is 14.7 Å². The predicted octanol–water partition coefficient (Wildman–Crippen LogP) is 16.2. The van der Waals surface area contributed by atoms with Crippen molar-refractivity contribution in [1.82, 2.24) is 0 Å². The van der Waals surface area contributed by atoms with Gasteiger partial charge in [-0.05, 0) is 133 Å². The molecule has 0 saturated carbocycles. The van der Waals surface area contributed by atoms with Crippen LogP contribution in [0.2, 0.25) is 0 Å². The van der Waals surface area contributed by atoms with Gasteiger partial charge in [0, 0.05) is 56.0 Å². The van der Waals surface area contributed by atoms with Crippen LogP contribution >= 0.6 is 0 Å². The van der Waals surface area contributed by atoms with E-state index in [4.69, 9.17) is 0 Å². The van der Waals surface area contributed by atoms with Crippen LogP contribution in [0.4, 0.5) is 51.2 Å². The Bertz CT molecular complexity index is 2870. The average molecular weight is 774 g/mol. The Hall–Kier alpha value is -7.36. The highest BCUT2D eigenvalue weighted by molar-refractivity contribution is 6.07. The van der Waals surface area contributed by atoms with Gasteiger partial charge >= 0.3 is 0 Å². The number of anilines is 9. The number of benzene rings is 9. The van der Waals surface area contributed by atoms with Crippen molar-refractivity contribution in [1.29, 1.82) is 0 Å². The van der Waals surface area contributed by atoms with Crippen molar-refractivity contribution in [3.63, 3.8) is 0 Å². The van der Waals surface area contributed by atoms with E-state index in [-0.39, 0.29) is 5.41 Å². The first-order valence-electron chi connectivity index (χ1n) is 20.9. The largest absolute Gasteiger partial charge is 0.311 e. The van der Waals surface area contributed by atoms with Gasteiger partial charge in [0.15, 0.2) is 0 Å². The van der Waals surface area contributed by atoms with E-state index >= 15 is 0 Å². The summed E-state index contributed by atoms with van der Waals surface area (Å²) >= 11 is 0. The minimum absolute atomic E-state index is 0.141. The lowest BCUT2D eigenvalue weighted by Crippen LogP contribution is -2.17. The number of hydrogen-bond donors (Lipinski definition) is 0. The van der Waals surface area contributed by atoms with Crippen LogP contribution in [0.5, 0.6) is 0 Å². The van der Waals surface area contributed by atoms with Crippen LogP contribution in [0.1, 0.15) is 36.1 Å². The van der Waals surface area contributed by atoms with E-state index in [1.165, 1.54) is 44.2 Å². The molecule has 9 aromatic rings. The average Bonchev–Trinajstić information content (AvgIpc) is 3.52. The van der Waals surface area contributed by atoms with Gasteiger partial charge in [0.25, 0.3) is 0 Å². The van der Waals surface area contributed by atoms with Crippen LogP contribution in [0.15, 0.2) is 212 Å². The fourth-order valence-electron chi connectivity index (χ4n) is 9.08. The normalized spacial score (nSPS) is 12.5. The van der Waals surface area contributed by atoms with E-state index in [0.717, 1.165) is 51.2 Å². The molecule has 0 aromatic heterocycles. The number of fused-ring (bicyclic) bond motifs is 4. The summed E-state index contributed by atoms with van der Waals surface area (Å²) in [5.41, 5.74) is 17.7. The number of rotatable bonds is 9. The lowest BCUT2D eigenvalue weighted by atomic mass is 9.82. The van der Waals surface area contributed by atoms with Gasteiger partial charge in [0.2, 0.25) is 0 Å².